The molecule has 0 saturated carbocycles. The average Bonchev–Trinajstić information content (AvgIpc) is 3.27. The van der Waals surface area contributed by atoms with Crippen LogP contribution in [-0.4, -0.2) is 21.3 Å². The van der Waals surface area contributed by atoms with Crippen molar-refractivity contribution >= 4 is 23.7 Å². The zero-order valence-electron chi connectivity index (χ0n) is 20.4. The van der Waals surface area contributed by atoms with E-state index in [4.69, 9.17) is 11.6 Å². The van der Waals surface area contributed by atoms with Crippen LogP contribution in [0.2, 0.25) is 5.02 Å². The number of aromatic nitrogens is 2. The van der Waals surface area contributed by atoms with Gasteiger partial charge in [0.05, 0.1) is 16.8 Å². The maximum absolute atomic E-state index is 12.7. The van der Waals surface area contributed by atoms with Crippen LogP contribution < -0.4 is 5.43 Å². The first-order chi connectivity index (χ1) is 16.2. The Morgan fingerprint density at radius 1 is 0.794 bits per heavy atom. The van der Waals surface area contributed by atoms with Crippen molar-refractivity contribution < 1.29 is 4.79 Å². The van der Waals surface area contributed by atoms with Crippen molar-refractivity contribution in [2.75, 3.05) is 0 Å². The van der Waals surface area contributed by atoms with Crippen molar-refractivity contribution in [3.8, 4) is 11.4 Å². The van der Waals surface area contributed by atoms with Gasteiger partial charge in [-0.05, 0) is 101 Å². The van der Waals surface area contributed by atoms with Gasteiger partial charge in [-0.2, -0.15) is 5.10 Å². The maximum atomic E-state index is 12.7. The van der Waals surface area contributed by atoms with Gasteiger partial charge in [-0.1, -0.05) is 17.7 Å². The van der Waals surface area contributed by atoms with Crippen LogP contribution in [0.1, 0.15) is 49.8 Å². The average molecular weight is 473 g/mol. The summed E-state index contributed by atoms with van der Waals surface area (Å²) in [7, 11) is 0. The van der Waals surface area contributed by atoms with Gasteiger partial charge in [0, 0.05) is 39.7 Å². The van der Waals surface area contributed by atoms with E-state index in [9.17, 15) is 4.79 Å². The highest BCUT2D eigenvalue weighted by Crippen LogP contribution is 2.24. The van der Waals surface area contributed by atoms with Crippen LogP contribution in [-0.2, 0) is 0 Å². The maximum Gasteiger partial charge on any atom is 0.272 e. The highest BCUT2D eigenvalue weighted by atomic mass is 35.5. The Bertz CT molecular complexity index is 1410. The summed E-state index contributed by atoms with van der Waals surface area (Å²) in [5.41, 5.74) is 12.8. The molecule has 1 amide bonds. The standard InChI is InChI=1S/C28H29ClN4O/c1-17-7-10-24(13-18(17)2)33-21(5)14-23(22(33)6)16-30-31-28(34)26-12-11-25(15-27(26)29)32-19(3)8-9-20(32)4/h7-16H,1-6H3,(H,31,34)/b30-16-. The van der Waals surface area contributed by atoms with Gasteiger partial charge < -0.3 is 9.13 Å². The largest absolute Gasteiger partial charge is 0.318 e. The lowest BCUT2D eigenvalue weighted by Gasteiger charge is -2.12. The Labute approximate surface area is 205 Å². The van der Waals surface area contributed by atoms with Crippen molar-refractivity contribution in [3.05, 3.63) is 105 Å². The van der Waals surface area contributed by atoms with Crippen LogP contribution in [0.3, 0.4) is 0 Å². The first kappa shape index (κ1) is 23.6. The van der Waals surface area contributed by atoms with E-state index in [1.807, 2.05) is 26.8 Å². The Balaban J connectivity index is 1.52. The second kappa shape index (κ2) is 9.35. The summed E-state index contributed by atoms with van der Waals surface area (Å²) in [4.78, 5) is 12.7. The van der Waals surface area contributed by atoms with Crippen LogP contribution >= 0.6 is 11.6 Å². The van der Waals surface area contributed by atoms with E-state index >= 15 is 0 Å². The predicted octanol–water partition coefficient (Wildman–Crippen LogP) is 6.54. The summed E-state index contributed by atoms with van der Waals surface area (Å²) < 4.78 is 4.29. The molecule has 0 bridgehead atoms. The fraction of sp³-hybridized carbons (Fsp3) is 0.214. The quantitative estimate of drug-likeness (QED) is 0.260. The first-order valence-corrected chi connectivity index (χ1v) is 11.6. The molecule has 0 aliphatic heterocycles. The van der Waals surface area contributed by atoms with Crippen molar-refractivity contribution in [1.29, 1.82) is 0 Å². The minimum Gasteiger partial charge on any atom is -0.318 e. The lowest BCUT2D eigenvalue weighted by molar-refractivity contribution is 0.0955. The SMILES string of the molecule is Cc1ccc(-n2c(C)cc(/C=N\NC(=O)c3ccc(-n4c(C)ccc4C)cc3Cl)c2C)cc1C. The minimum absolute atomic E-state index is 0.350. The van der Waals surface area contributed by atoms with E-state index in [2.05, 4.69) is 76.8 Å². The molecule has 0 unspecified atom stereocenters. The molecule has 0 radical (unpaired) electrons. The molecule has 4 rings (SSSR count). The normalized spacial score (nSPS) is 11.4. The molecule has 2 heterocycles. The number of halogens is 1. The number of hydrogen-bond donors (Lipinski definition) is 1. The zero-order valence-corrected chi connectivity index (χ0v) is 21.2. The minimum atomic E-state index is -0.350. The molecule has 0 aliphatic carbocycles. The molecular formula is C28H29ClN4O. The van der Waals surface area contributed by atoms with Gasteiger partial charge in [0.15, 0.2) is 0 Å². The van der Waals surface area contributed by atoms with Crippen LogP contribution in [0, 0.1) is 41.5 Å². The fourth-order valence-corrected chi connectivity index (χ4v) is 4.56. The molecule has 34 heavy (non-hydrogen) atoms. The molecule has 0 aliphatic rings. The second-order valence-electron chi connectivity index (χ2n) is 8.75. The number of carbonyl (C=O) groups is 1. The van der Waals surface area contributed by atoms with Crippen LogP contribution in [0.5, 0.6) is 0 Å². The van der Waals surface area contributed by atoms with E-state index in [-0.39, 0.29) is 5.91 Å². The zero-order chi connectivity index (χ0) is 24.6. The number of nitrogens with one attached hydrogen (secondary N) is 1. The van der Waals surface area contributed by atoms with Crippen LogP contribution in [0.25, 0.3) is 11.4 Å². The monoisotopic (exact) mass is 472 g/mol. The van der Waals surface area contributed by atoms with Crippen molar-refractivity contribution in [2.24, 2.45) is 5.10 Å². The van der Waals surface area contributed by atoms with E-state index in [0.717, 1.165) is 39.7 Å². The number of hydrogen-bond acceptors (Lipinski definition) is 2. The van der Waals surface area contributed by atoms with Crippen molar-refractivity contribution in [2.45, 2.75) is 41.5 Å². The van der Waals surface area contributed by atoms with E-state index < -0.39 is 0 Å². The summed E-state index contributed by atoms with van der Waals surface area (Å²) in [6.45, 7) is 12.4. The smallest absolute Gasteiger partial charge is 0.272 e. The van der Waals surface area contributed by atoms with Crippen molar-refractivity contribution in [3.63, 3.8) is 0 Å². The predicted molar refractivity (Wildman–Crippen MR) is 140 cm³/mol. The second-order valence-corrected chi connectivity index (χ2v) is 9.15. The molecule has 5 nitrogen and oxygen atoms in total. The molecule has 2 aromatic heterocycles. The molecule has 0 saturated heterocycles. The molecule has 1 N–H and O–H groups in total. The Morgan fingerprint density at radius 3 is 2.09 bits per heavy atom. The summed E-state index contributed by atoms with van der Waals surface area (Å²) in [5, 5.41) is 4.58. The van der Waals surface area contributed by atoms with E-state index in [1.165, 1.54) is 11.1 Å². The van der Waals surface area contributed by atoms with Crippen molar-refractivity contribution in [1.82, 2.24) is 14.6 Å². The molecule has 6 heteroatoms. The molecule has 174 valence electrons. The lowest BCUT2D eigenvalue weighted by Crippen LogP contribution is -2.18. The molecule has 0 atom stereocenters. The molecule has 0 fully saturated rings. The van der Waals surface area contributed by atoms with Gasteiger partial charge in [-0.15, -0.1) is 0 Å². The number of hydrazone groups is 1. The lowest BCUT2D eigenvalue weighted by atomic mass is 10.1. The summed E-state index contributed by atoms with van der Waals surface area (Å²) in [6.07, 6.45) is 1.67. The number of carbonyl (C=O) groups excluding carboxylic acids is 1. The van der Waals surface area contributed by atoms with Gasteiger partial charge in [0.2, 0.25) is 0 Å². The molecule has 0 spiro atoms. The first-order valence-electron chi connectivity index (χ1n) is 11.2. The van der Waals surface area contributed by atoms with Gasteiger partial charge in [0.25, 0.3) is 5.91 Å². The third-order valence-electron chi connectivity index (χ3n) is 6.32. The third kappa shape index (κ3) is 4.44. The topological polar surface area (TPSA) is 51.3 Å². The summed E-state index contributed by atoms with van der Waals surface area (Å²) in [5.74, 6) is -0.350. The van der Waals surface area contributed by atoms with E-state index in [0.29, 0.717) is 10.6 Å². The number of aryl methyl sites for hydroxylation is 5. The van der Waals surface area contributed by atoms with Gasteiger partial charge in [-0.25, -0.2) is 5.43 Å². The summed E-state index contributed by atoms with van der Waals surface area (Å²) >= 11 is 6.45. The van der Waals surface area contributed by atoms with E-state index in [1.54, 1.807) is 18.3 Å². The van der Waals surface area contributed by atoms with Gasteiger partial charge in [0.1, 0.15) is 0 Å². The highest BCUT2D eigenvalue weighted by molar-refractivity contribution is 6.34. The Hall–Kier alpha value is -3.57. The van der Waals surface area contributed by atoms with Gasteiger partial charge in [-0.3, -0.25) is 4.79 Å². The molecule has 2 aromatic carbocycles. The number of rotatable bonds is 5. The Morgan fingerprint density at radius 2 is 1.44 bits per heavy atom. The fourth-order valence-electron chi connectivity index (χ4n) is 4.30. The molecular weight excluding hydrogens is 444 g/mol. The highest BCUT2D eigenvalue weighted by Gasteiger charge is 2.13. The van der Waals surface area contributed by atoms with Gasteiger partial charge >= 0.3 is 0 Å². The number of amides is 1. The molecule has 4 aromatic rings. The third-order valence-corrected chi connectivity index (χ3v) is 6.63. The summed E-state index contributed by atoms with van der Waals surface area (Å²) in [6, 6.07) is 18.0. The number of benzene rings is 2. The Kier molecular flexibility index (Phi) is 6.49. The number of nitrogens with zero attached hydrogens (tertiary/aromatic N) is 3. The van der Waals surface area contributed by atoms with Crippen LogP contribution in [0.4, 0.5) is 0 Å². The van der Waals surface area contributed by atoms with Crippen LogP contribution in [0.15, 0.2) is 59.7 Å².